The van der Waals surface area contributed by atoms with Gasteiger partial charge in [0.15, 0.2) is 0 Å². The summed E-state index contributed by atoms with van der Waals surface area (Å²) in [5.74, 6) is -0.305. The maximum atomic E-state index is 13.8. The lowest BCUT2D eigenvalue weighted by Gasteiger charge is -2.25. The van der Waals surface area contributed by atoms with Crippen LogP contribution in [0.4, 0.5) is 4.79 Å². The Morgan fingerprint density at radius 2 is 1.69 bits per heavy atom. The molecule has 2 saturated heterocycles. The molecule has 3 aromatic rings. The molecule has 0 N–H and O–H groups in total. The van der Waals surface area contributed by atoms with Crippen molar-refractivity contribution in [3.63, 3.8) is 0 Å². The Balaban J connectivity index is 1.37. The predicted octanol–water partition coefficient (Wildman–Crippen LogP) is 4.55. The van der Waals surface area contributed by atoms with E-state index in [-0.39, 0.29) is 30.4 Å². The highest BCUT2D eigenvalue weighted by Gasteiger charge is 2.46. The molecule has 0 saturated carbocycles. The van der Waals surface area contributed by atoms with Gasteiger partial charge in [-0.05, 0) is 39.9 Å². The SMILES string of the molecule is O=C1OC[C@H](Cc2ccccc2)N1C(=O)[C@@H]1CN(Cc2ccccc2)C[C@H]1c1ccsc1. The molecular formula is C26H26N2O3S. The van der Waals surface area contributed by atoms with Crippen LogP contribution in [0.5, 0.6) is 0 Å². The number of imide groups is 1. The Morgan fingerprint density at radius 3 is 2.38 bits per heavy atom. The summed E-state index contributed by atoms with van der Waals surface area (Å²) in [7, 11) is 0. The van der Waals surface area contributed by atoms with Gasteiger partial charge in [0.2, 0.25) is 5.91 Å². The summed E-state index contributed by atoms with van der Waals surface area (Å²) in [5.41, 5.74) is 3.50. The number of carbonyl (C=O) groups excluding carboxylic acids is 2. The van der Waals surface area contributed by atoms with Crippen LogP contribution in [-0.4, -0.2) is 47.5 Å². The molecule has 0 aliphatic carbocycles. The minimum Gasteiger partial charge on any atom is -0.447 e. The summed E-state index contributed by atoms with van der Waals surface area (Å²) in [5, 5.41) is 4.18. The first-order valence-electron chi connectivity index (χ1n) is 11.0. The first-order valence-corrected chi connectivity index (χ1v) is 12.0. The van der Waals surface area contributed by atoms with E-state index in [9.17, 15) is 9.59 Å². The minimum atomic E-state index is -0.512. The van der Waals surface area contributed by atoms with Crippen molar-refractivity contribution in [1.29, 1.82) is 0 Å². The molecule has 2 amide bonds. The van der Waals surface area contributed by atoms with Crippen LogP contribution in [0.3, 0.4) is 0 Å². The molecule has 164 valence electrons. The highest BCUT2D eigenvalue weighted by atomic mass is 32.1. The molecule has 5 nitrogen and oxygen atoms in total. The number of ether oxygens (including phenoxy) is 1. The molecule has 2 aliphatic rings. The first kappa shape index (κ1) is 20.9. The number of hydrogen-bond acceptors (Lipinski definition) is 5. The van der Waals surface area contributed by atoms with Crippen molar-refractivity contribution in [2.75, 3.05) is 19.7 Å². The Hall–Kier alpha value is -2.96. The molecule has 1 aromatic heterocycles. The zero-order chi connectivity index (χ0) is 21.9. The molecular weight excluding hydrogens is 420 g/mol. The van der Waals surface area contributed by atoms with E-state index < -0.39 is 6.09 Å². The molecule has 6 heteroatoms. The fourth-order valence-corrected chi connectivity index (χ4v) is 5.60. The van der Waals surface area contributed by atoms with E-state index in [0.29, 0.717) is 13.0 Å². The number of hydrogen-bond donors (Lipinski definition) is 0. The summed E-state index contributed by atoms with van der Waals surface area (Å²) < 4.78 is 5.33. The largest absolute Gasteiger partial charge is 0.447 e. The van der Waals surface area contributed by atoms with Crippen LogP contribution in [-0.2, 0) is 22.5 Å². The molecule has 0 unspecified atom stereocenters. The second-order valence-corrected chi connectivity index (χ2v) is 9.36. The van der Waals surface area contributed by atoms with Crippen LogP contribution in [0.15, 0.2) is 77.5 Å². The number of amides is 2. The fourth-order valence-electron chi connectivity index (χ4n) is 4.88. The molecule has 0 spiro atoms. The standard InChI is InChI=1S/C26H26N2O3S/c29-25(28-22(17-31-26(28)30)13-19-7-3-1-4-8-19)24-16-27(14-20-9-5-2-6-10-20)15-23(24)21-11-12-32-18-21/h1-12,18,22-24H,13-17H2/t22-,23-,24+/m0/s1. The van der Waals surface area contributed by atoms with Crippen molar-refractivity contribution in [1.82, 2.24) is 9.80 Å². The quantitative estimate of drug-likeness (QED) is 0.557. The number of cyclic esters (lactones) is 1. The molecule has 0 bridgehead atoms. The summed E-state index contributed by atoms with van der Waals surface area (Å²) in [6, 6.07) is 22.1. The van der Waals surface area contributed by atoms with Gasteiger partial charge >= 0.3 is 6.09 Å². The number of rotatable bonds is 6. The molecule has 5 rings (SSSR count). The van der Waals surface area contributed by atoms with Gasteiger partial charge in [-0.3, -0.25) is 9.69 Å². The van der Waals surface area contributed by atoms with Gasteiger partial charge in [0.05, 0.1) is 12.0 Å². The number of carbonyl (C=O) groups is 2. The lowest BCUT2D eigenvalue weighted by Crippen LogP contribution is -2.45. The second-order valence-electron chi connectivity index (χ2n) is 8.58. The smallest absolute Gasteiger partial charge is 0.416 e. The Morgan fingerprint density at radius 1 is 0.969 bits per heavy atom. The van der Waals surface area contributed by atoms with Gasteiger partial charge in [0.1, 0.15) is 6.61 Å². The van der Waals surface area contributed by atoms with Crippen molar-refractivity contribution in [3.05, 3.63) is 94.2 Å². The molecule has 3 heterocycles. The van der Waals surface area contributed by atoms with Gasteiger partial charge in [0, 0.05) is 25.6 Å². The summed E-state index contributed by atoms with van der Waals surface area (Å²) in [6.45, 7) is 2.48. The minimum absolute atomic E-state index is 0.0724. The highest BCUT2D eigenvalue weighted by Crippen LogP contribution is 2.37. The third-order valence-corrected chi connectivity index (χ3v) is 7.15. The molecule has 32 heavy (non-hydrogen) atoms. The highest BCUT2D eigenvalue weighted by molar-refractivity contribution is 7.08. The Labute approximate surface area is 192 Å². The van der Waals surface area contributed by atoms with E-state index in [1.54, 1.807) is 11.3 Å². The third-order valence-electron chi connectivity index (χ3n) is 6.45. The topological polar surface area (TPSA) is 49.9 Å². The van der Waals surface area contributed by atoms with Crippen molar-refractivity contribution in [2.45, 2.75) is 24.9 Å². The summed E-state index contributed by atoms with van der Waals surface area (Å²) in [4.78, 5) is 30.1. The average molecular weight is 447 g/mol. The summed E-state index contributed by atoms with van der Waals surface area (Å²) >= 11 is 1.65. The van der Waals surface area contributed by atoms with E-state index in [1.807, 2.05) is 48.5 Å². The van der Waals surface area contributed by atoms with Crippen LogP contribution >= 0.6 is 11.3 Å². The van der Waals surface area contributed by atoms with Gasteiger partial charge in [-0.1, -0.05) is 60.7 Å². The number of benzene rings is 2. The van der Waals surface area contributed by atoms with E-state index >= 15 is 0 Å². The Bertz CT molecular complexity index is 1060. The molecule has 0 radical (unpaired) electrons. The average Bonchev–Trinajstić information content (AvgIpc) is 3.55. The zero-order valence-electron chi connectivity index (χ0n) is 17.8. The van der Waals surface area contributed by atoms with Crippen molar-refractivity contribution in [2.24, 2.45) is 5.92 Å². The van der Waals surface area contributed by atoms with Gasteiger partial charge in [0.25, 0.3) is 0 Å². The molecule has 3 atom stereocenters. The lowest BCUT2D eigenvalue weighted by molar-refractivity contribution is -0.133. The van der Waals surface area contributed by atoms with Crippen LogP contribution in [0.2, 0.25) is 0 Å². The van der Waals surface area contributed by atoms with Crippen LogP contribution in [0, 0.1) is 5.92 Å². The van der Waals surface area contributed by atoms with Crippen LogP contribution < -0.4 is 0 Å². The van der Waals surface area contributed by atoms with Gasteiger partial charge in [-0.25, -0.2) is 9.69 Å². The maximum absolute atomic E-state index is 13.8. The van der Waals surface area contributed by atoms with E-state index in [0.717, 1.165) is 18.7 Å². The van der Waals surface area contributed by atoms with Gasteiger partial charge < -0.3 is 4.74 Å². The molecule has 2 fully saturated rings. The van der Waals surface area contributed by atoms with Crippen molar-refractivity contribution >= 4 is 23.3 Å². The lowest BCUT2D eigenvalue weighted by atomic mass is 9.89. The van der Waals surface area contributed by atoms with Gasteiger partial charge in [-0.15, -0.1) is 0 Å². The fraction of sp³-hybridized carbons (Fsp3) is 0.308. The maximum Gasteiger partial charge on any atom is 0.416 e. The second kappa shape index (κ2) is 9.27. The summed E-state index contributed by atoms with van der Waals surface area (Å²) in [6.07, 6.45) is 0.100. The number of thiophene rings is 1. The van der Waals surface area contributed by atoms with Crippen molar-refractivity contribution in [3.8, 4) is 0 Å². The van der Waals surface area contributed by atoms with Crippen molar-refractivity contribution < 1.29 is 14.3 Å². The van der Waals surface area contributed by atoms with Crippen LogP contribution in [0.1, 0.15) is 22.6 Å². The van der Waals surface area contributed by atoms with E-state index in [2.05, 4.69) is 33.9 Å². The van der Waals surface area contributed by atoms with Gasteiger partial charge in [-0.2, -0.15) is 11.3 Å². The Kier molecular flexibility index (Phi) is 6.06. The first-order chi connectivity index (χ1) is 15.7. The van der Waals surface area contributed by atoms with E-state index in [1.165, 1.54) is 16.0 Å². The van der Waals surface area contributed by atoms with Crippen LogP contribution in [0.25, 0.3) is 0 Å². The number of likely N-dealkylation sites (tertiary alicyclic amines) is 1. The molecule has 2 aliphatic heterocycles. The van der Waals surface area contributed by atoms with E-state index in [4.69, 9.17) is 4.74 Å². The predicted molar refractivity (Wildman–Crippen MR) is 124 cm³/mol. The number of nitrogens with zero attached hydrogens (tertiary/aromatic N) is 2. The molecule has 2 aromatic carbocycles. The normalized spacial score (nSPS) is 23.4. The monoisotopic (exact) mass is 446 g/mol. The third kappa shape index (κ3) is 4.33. The zero-order valence-corrected chi connectivity index (χ0v) is 18.6.